The van der Waals surface area contributed by atoms with Crippen molar-refractivity contribution in [2.24, 2.45) is 0 Å². The lowest BCUT2D eigenvalue weighted by molar-refractivity contribution is -0.127. The molecule has 36 heavy (non-hydrogen) atoms. The van der Waals surface area contributed by atoms with Gasteiger partial charge in [0.25, 0.3) is 11.1 Å². The van der Waals surface area contributed by atoms with E-state index >= 15 is 0 Å². The van der Waals surface area contributed by atoms with Crippen LogP contribution < -0.4 is 14.8 Å². The predicted octanol–water partition coefficient (Wildman–Crippen LogP) is 6.26. The summed E-state index contributed by atoms with van der Waals surface area (Å²) in [4.78, 5) is 38.9. The molecular formula is C26H20Cl2N2O5S. The molecule has 0 radical (unpaired) electrons. The molecule has 4 rings (SSSR count). The predicted molar refractivity (Wildman–Crippen MR) is 142 cm³/mol. The van der Waals surface area contributed by atoms with Crippen molar-refractivity contribution in [3.05, 3.63) is 92.8 Å². The summed E-state index contributed by atoms with van der Waals surface area (Å²) in [5.74, 6) is 0.106. The van der Waals surface area contributed by atoms with Crippen LogP contribution in [0.1, 0.15) is 11.1 Å². The Morgan fingerprint density at radius 2 is 1.81 bits per heavy atom. The number of thioether (sulfide) groups is 1. The Morgan fingerprint density at radius 3 is 2.53 bits per heavy atom. The molecule has 1 fully saturated rings. The standard InChI is InChI=1S/C26H20Cl2N2O5S/c1-34-20-10-8-19(9-11-20)29-24(31)14-30-25(32)23(36-26(30)33)12-16-4-2-3-5-22(16)35-15-17-6-7-18(27)13-21(17)28/h2-13H,14-15H2,1H3,(H,29,31)/b23-12+. The van der Waals surface area contributed by atoms with Crippen LogP contribution in [-0.2, 0) is 16.2 Å². The molecule has 184 valence electrons. The van der Waals surface area contributed by atoms with Gasteiger partial charge in [-0.3, -0.25) is 19.3 Å². The maximum absolute atomic E-state index is 12.9. The van der Waals surface area contributed by atoms with E-state index in [0.717, 1.165) is 22.2 Å². The van der Waals surface area contributed by atoms with Gasteiger partial charge >= 0.3 is 0 Å². The number of nitrogens with zero attached hydrogens (tertiary/aromatic N) is 1. The minimum atomic E-state index is -0.551. The molecule has 1 aliphatic heterocycles. The summed E-state index contributed by atoms with van der Waals surface area (Å²) < 4.78 is 11.0. The van der Waals surface area contributed by atoms with E-state index in [0.29, 0.717) is 32.8 Å². The number of ether oxygens (including phenoxy) is 2. The van der Waals surface area contributed by atoms with E-state index in [4.69, 9.17) is 32.7 Å². The Kier molecular flexibility index (Phi) is 8.20. The summed E-state index contributed by atoms with van der Waals surface area (Å²) in [6.07, 6.45) is 1.57. The van der Waals surface area contributed by atoms with Crippen molar-refractivity contribution >= 4 is 63.8 Å². The number of methoxy groups -OCH3 is 1. The Morgan fingerprint density at radius 1 is 1.06 bits per heavy atom. The van der Waals surface area contributed by atoms with Gasteiger partial charge in [-0.1, -0.05) is 47.5 Å². The van der Waals surface area contributed by atoms with E-state index in [1.54, 1.807) is 79.9 Å². The van der Waals surface area contributed by atoms with Crippen molar-refractivity contribution in [2.45, 2.75) is 6.61 Å². The van der Waals surface area contributed by atoms with Crippen molar-refractivity contribution in [3.8, 4) is 11.5 Å². The molecule has 0 unspecified atom stereocenters. The number of carbonyl (C=O) groups is 3. The van der Waals surface area contributed by atoms with E-state index in [9.17, 15) is 14.4 Å². The molecule has 1 N–H and O–H groups in total. The molecule has 0 atom stereocenters. The number of rotatable bonds is 8. The lowest BCUT2D eigenvalue weighted by atomic mass is 10.1. The lowest BCUT2D eigenvalue weighted by Crippen LogP contribution is -2.36. The summed E-state index contributed by atoms with van der Waals surface area (Å²) in [6.45, 7) is -0.213. The third-order valence-corrected chi connectivity index (χ3v) is 6.65. The van der Waals surface area contributed by atoms with Crippen LogP contribution >= 0.6 is 35.0 Å². The maximum Gasteiger partial charge on any atom is 0.294 e. The fraction of sp³-hybridized carbons (Fsp3) is 0.115. The van der Waals surface area contributed by atoms with Gasteiger partial charge in [-0.2, -0.15) is 0 Å². The molecule has 0 bridgehead atoms. The van der Waals surface area contributed by atoms with E-state index < -0.39 is 23.6 Å². The van der Waals surface area contributed by atoms with Gasteiger partial charge < -0.3 is 14.8 Å². The van der Waals surface area contributed by atoms with Crippen molar-refractivity contribution < 1.29 is 23.9 Å². The SMILES string of the molecule is COc1ccc(NC(=O)CN2C(=O)S/C(=C/c3ccccc3OCc3ccc(Cl)cc3Cl)C2=O)cc1. The first-order valence-electron chi connectivity index (χ1n) is 10.7. The van der Waals surface area contributed by atoms with Crippen LogP contribution in [0.5, 0.6) is 11.5 Å². The smallest absolute Gasteiger partial charge is 0.294 e. The molecule has 3 aromatic carbocycles. The molecule has 1 saturated heterocycles. The van der Waals surface area contributed by atoms with Gasteiger partial charge in [0, 0.05) is 26.9 Å². The first-order valence-corrected chi connectivity index (χ1v) is 12.3. The second kappa shape index (κ2) is 11.5. The number of halogens is 2. The second-order valence-electron chi connectivity index (χ2n) is 7.61. The highest BCUT2D eigenvalue weighted by Crippen LogP contribution is 2.34. The average Bonchev–Trinajstić information content (AvgIpc) is 3.12. The van der Waals surface area contributed by atoms with Gasteiger partial charge in [0.15, 0.2) is 0 Å². The van der Waals surface area contributed by atoms with Crippen LogP contribution in [0.4, 0.5) is 10.5 Å². The number of anilines is 1. The van der Waals surface area contributed by atoms with Crippen molar-refractivity contribution in [1.29, 1.82) is 0 Å². The van der Waals surface area contributed by atoms with Gasteiger partial charge in [-0.15, -0.1) is 0 Å². The monoisotopic (exact) mass is 542 g/mol. The van der Waals surface area contributed by atoms with E-state index in [2.05, 4.69) is 5.32 Å². The Balaban J connectivity index is 1.44. The highest BCUT2D eigenvalue weighted by atomic mass is 35.5. The summed E-state index contributed by atoms with van der Waals surface area (Å²) in [6, 6.07) is 19.0. The largest absolute Gasteiger partial charge is 0.497 e. The zero-order valence-electron chi connectivity index (χ0n) is 19.0. The fourth-order valence-electron chi connectivity index (χ4n) is 3.32. The van der Waals surface area contributed by atoms with Crippen LogP contribution in [0, 0.1) is 0 Å². The Labute approximate surface area is 222 Å². The van der Waals surface area contributed by atoms with Gasteiger partial charge in [0.05, 0.1) is 12.0 Å². The molecule has 10 heteroatoms. The van der Waals surface area contributed by atoms with Gasteiger partial charge in [0.2, 0.25) is 5.91 Å². The Hall–Kier alpha value is -3.46. The van der Waals surface area contributed by atoms with Crippen molar-refractivity contribution in [2.75, 3.05) is 19.0 Å². The second-order valence-corrected chi connectivity index (χ2v) is 9.44. The number of carbonyl (C=O) groups excluding carboxylic acids is 3. The molecule has 1 aliphatic rings. The summed E-state index contributed by atoms with van der Waals surface area (Å²) >= 11 is 12.9. The molecule has 7 nitrogen and oxygen atoms in total. The highest BCUT2D eigenvalue weighted by Gasteiger charge is 2.36. The fourth-order valence-corrected chi connectivity index (χ4v) is 4.61. The maximum atomic E-state index is 12.9. The van der Waals surface area contributed by atoms with Crippen LogP contribution in [0.15, 0.2) is 71.6 Å². The number of imide groups is 1. The number of hydrogen-bond donors (Lipinski definition) is 1. The minimum Gasteiger partial charge on any atom is -0.497 e. The first kappa shape index (κ1) is 25.6. The molecule has 3 amide bonds. The molecule has 1 heterocycles. The normalized spacial score (nSPS) is 14.3. The summed E-state index contributed by atoms with van der Waals surface area (Å²) in [5.41, 5.74) is 1.88. The average molecular weight is 543 g/mol. The number of amides is 3. The minimum absolute atomic E-state index is 0.188. The molecule has 0 aliphatic carbocycles. The van der Waals surface area contributed by atoms with Crippen LogP contribution in [0.2, 0.25) is 10.0 Å². The number of nitrogens with one attached hydrogen (secondary N) is 1. The van der Waals surface area contributed by atoms with Crippen LogP contribution in [-0.4, -0.2) is 35.6 Å². The number of hydrogen-bond acceptors (Lipinski definition) is 6. The number of benzene rings is 3. The molecular weight excluding hydrogens is 523 g/mol. The van der Waals surface area contributed by atoms with Gasteiger partial charge in [0.1, 0.15) is 24.7 Å². The topological polar surface area (TPSA) is 84.9 Å². The summed E-state index contributed by atoms with van der Waals surface area (Å²) in [7, 11) is 1.54. The van der Waals surface area contributed by atoms with Crippen molar-refractivity contribution in [1.82, 2.24) is 4.90 Å². The lowest BCUT2D eigenvalue weighted by Gasteiger charge is -2.13. The zero-order valence-corrected chi connectivity index (χ0v) is 21.3. The van der Waals surface area contributed by atoms with E-state index in [1.165, 1.54) is 0 Å². The molecule has 0 spiro atoms. The quantitative estimate of drug-likeness (QED) is 0.338. The molecule has 3 aromatic rings. The first-order chi connectivity index (χ1) is 17.3. The van der Waals surface area contributed by atoms with E-state index in [-0.39, 0.29) is 11.5 Å². The van der Waals surface area contributed by atoms with E-state index in [1.807, 2.05) is 0 Å². The Bertz CT molecular complexity index is 1340. The van der Waals surface area contributed by atoms with Gasteiger partial charge in [-0.05, 0) is 60.3 Å². The number of para-hydroxylation sites is 1. The highest BCUT2D eigenvalue weighted by molar-refractivity contribution is 8.18. The van der Waals surface area contributed by atoms with Crippen LogP contribution in [0.3, 0.4) is 0 Å². The summed E-state index contributed by atoms with van der Waals surface area (Å²) in [5, 5.41) is 3.15. The van der Waals surface area contributed by atoms with Crippen LogP contribution in [0.25, 0.3) is 6.08 Å². The molecule has 0 saturated carbocycles. The van der Waals surface area contributed by atoms with Gasteiger partial charge in [-0.25, -0.2) is 0 Å². The van der Waals surface area contributed by atoms with Crippen molar-refractivity contribution in [3.63, 3.8) is 0 Å². The third kappa shape index (κ3) is 6.20. The molecule has 0 aromatic heterocycles. The third-order valence-electron chi connectivity index (χ3n) is 5.15. The zero-order chi connectivity index (χ0) is 25.7.